The van der Waals surface area contributed by atoms with E-state index < -0.39 is 0 Å². The zero-order valence-corrected chi connectivity index (χ0v) is 11.6. The van der Waals surface area contributed by atoms with Crippen LogP contribution < -0.4 is 0 Å². The first kappa shape index (κ1) is 13.0. The van der Waals surface area contributed by atoms with E-state index in [0.717, 1.165) is 10.2 Å². The molecule has 0 aliphatic heterocycles. The summed E-state index contributed by atoms with van der Waals surface area (Å²) in [4.78, 5) is 4.44. The van der Waals surface area contributed by atoms with Gasteiger partial charge < -0.3 is 0 Å². The lowest BCUT2D eigenvalue weighted by atomic mass is 9.94. The summed E-state index contributed by atoms with van der Waals surface area (Å²) in [5, 5.41) is 0.692. The third kappa shape index (κ3) is 3.76. The molecule has 1 aromatic heterocycles. The molecule has 0 aromatic carbocycles. The van der Waals surface area contributed by atoms with Crippen LogP contribution in [-0.2, 0) is 0 Å². The van der Waals surface area contributed by atoms with Crippen molar-refractivity contribution in [1.82, 2.24) is 4.98 Å². The smallest absolute Gasteiger partial charge is 0.0600 e. The van der Waals surface area contributed by atoms with Gasteiger partial charge in [-0.1, -0.05) is 38.3 Å². The highest BCUT2D eigenvalue weighted by atomic mass is 79.9. The van der Waals surface area contributed by atoms with Crippen LogP contribution in [0.5, 0.6) is 0 Å². The van der Waals surface area contributed by atoms with E-state index in [1.54, 1.807) is 6.20 Å². The van der Waals surface area contributed by atoms with Crippen LogP contribution in [0.1, 0.15) is 51.1 Å². The minimum atomic E-state index is 0.562. The van der Waals surface area contributed by atoms with Crippen molar-refractivity contribution in [3.05, 3.63) is 27.5 Å². The van der Waals surface area contributed by atoms with Crippen molar-refractivity contribution < 1.29 is 0 Å². The minimum Gasteiger partial charge on any atom is -0.258 e. The fourth-order valence-electron chi connectivity index (χ4n) is 1.84. The van der Waals surface area contributed by atoms with Crippen molar-refractivity contribution in [3.63, 3.8) is 0 Å². The van der Waals surface area contributed by atoms with Gasteiger partial charge in [-0.25, -0.2) is 0 Å². The molecule has 0 radical (unpaired) electrons. The number of aromatic nitrogens is 1. The Morgan fingerprint density at radius 2 is 1.93 bits per heavy atom. The number of rotatable bonds is 5. The SMILES string of the molecule is CCCC(CCC)c1ncc(Cl)cc1Br. The van der Waals surface area contributed by atoms with Crippen LogP contribution in [0.15, 0.2) is 16.7 Å². The Morgan fingerprint density at radius 3 is 2.40 bits per heavy atom. The molecule has 0 spiro atoms. The summed E-state index contributed by atoms with van der Waals surface area (Å²) in [5.74, 6) is 0.562. The highest BCUT2D eigenvalue weighted by Gasteiger charge is 2.14. The van der Waals surface area contributed by atoms with Gasteiger partial charge in [0, 0.05) is 16.6 Å². The Balaban J connectivity index is 2.89. The number of hydrogen-bond donors (Lipinski definition) is 0. The molecule has 0 atom stereocenters. The normalized spacial score (nSPS) is 11.0. The Bertz CT molecular complexity index is 308. The molecule has 1 heterocycles. The Morgan fingerprint density at radius 1 is 1.33 bits per heavy atom. The maximum Gasteiger partial charge on any atom is 0.0600 e. The summed E-state index contributed by atoms with van der Waals surface area (Å²) in [5.41, 5.74) is 1.16. The third-order valence-corrected chi connectivity index (χ3v) is 3.34. The fourth-order valence-corrected chi connectivity index (χ4v) is 2.80. The largest absolute Gasteiger partial charge is 0.258 e. The van der Waals surface area contributed by atoms with E-state index in [4.69, 9.17) is 11.6 Å². The molecule has 0 amide bonds. The van der Waals surface area contributed by atoms with Crippen LogP contribution in [0.3, 0.4) is 0 Å². The van der Waals surface area contributed by atoms with E-state index in [1.165, 1.54) is 25.7 Å². The topological polar surface area (TPSA) is 12.9 Å². The van der Waals surface area contributed by atoms with Gasteiger partial charge in [-0.15, -0.1) is 0 Å². The van der Waals surface area contributed by atoms with Crippen LogP contribution in [0, 0.1) is 0 Å². The molecule has 0 saturated carbocycles. The molecule has 1 rings (SSSR count). The highest BCUT2D eigenvalue weighted by molar-refractivity contribution is 9.10. The second-order valence-electron chi connectivity index (χ2n) is 3.79. The molecule has 15 heavy (non-hydrogen) atoms. The molecule has 0 fully saturated rings. The second kappa shape index (κ2) is 6.49. The first-order valence-electron chi connectivity index (χ1n) is 5.50. The number of halogens is 2. The molecule has 0 aliphatic rings. The van der Waals surface area contributed by atoms with Gasteiger partial charge in [0.25, 0.3) is 0 Å². The summed E-state index contributed by atoms with van der Waals surface area (Å²) in [6, 6.07) is 1.93. The van der Waals surface area contributed by atoms with Crippen molar-refractivity contribution in [2.45, 2.75) is 45.4 Å². The molecule has 0 unspecified atom stereocenters. The van der Waals surface area contributed by atoms with Gasteiger partial charge in [-0.3, -0.25) is 4.98 Å². The van der Waals surface area contributed by atoms with Gasteiger partial charge in [0.15, 0.2) is 0 Å². The predicted molar refractivity (Wildman–Crippen MR) is 69.5 cm³/mol. The van der Waals surface area contributed by atoms with Crippen molar-refractivity contribution >= 4 is 27.5 Å². The van der Waals surface area contributed by atoms with Crippen LogP contribution in [0.2, 0.25) is 5.02 Å². The van der Waals surface area contributed by atoms with Gasteiger partial charge in [0.05, 0.1) is 10.7 Å². The molecule has 3 heteroatoms. The zero-order valence-electron chi connectivity index (χ0n) is 9.26. The molecular weight excluding hydrogens is 273 g/mol. The lowest BCUT2D eigenvalue weighted by Crippen LogP contribution is -2.02. The van der Waals surface area contributed by atoms with Gasteiger partial charge in [0.1, 0.15) is 0 Å². The molecule has 0 saturated heterocycles. The minimum absolute atomic E-state index is 0.562. The second-order valence-corrected chi connectivity index (χ2v) is 5.09. The van der Waals surface area contributed by atoms with Gasteiger partial charge >= 0.3 is 0 Å². The average molecular weight is 291 g/mol. The summed E-state index contributed by atoms with van der Waals surface area (Å²) in [6.45, 7) is 4.43. The fraction of sp³-hybridized carbons (Fsp3) is 0.583. The van der Waals surface area contributed by atoms with Crippen LogP contribution in [0.25, 0.3) is 0 Å². The molecule has 84 valence electrons. The summed E-state index contributed by atoms with van der Waals surface area (Å²) in [6.07, 6.45) is 6.52. The number of pyridine rings is 1. The molecular formula is C12H17BrClN. The molecule has 0 aliphatic carbocycles. The van der Waals surface area contributed by atoms with Gasteiger partial charge in [-0.05, 0) is 34.8 Å². The molecule has 0 N–H and O–H groups in total. The quantitative estimate of drug-likeness (QED) is 0.728. The molecule has 1 aromatic rings. The average Bonchev–Trinajstić information content (AvgIpc) is 2.17. The van der Waals surface area contributed by atoms with E-state index in [1.807, 2.05) is 6.07 Å². The zero-order chi connectivity index (χ0) is 11.3. The molecule has 0 bridgehead atoms. The van der Waals surface area contributed by atoms with Crippen molar-refractivity contribution in [1.29, 1.82) is 0 Å². The lowest BCUT2D eigenvalue weighted by Gasteiger charge is -2.16. The van der Waals surface area contributed by atoms with E-state index in [9.17, 15) is 0 Å². The summed E-state index contributed by atoms with van der Waals surface area (Å²) < 4.78 is 1.04. The van der Waals surface area contributed by atoms with E-state index in [2.05, 4.69) is 34.8 Å². The van der Waals surface area contributed by atoms with Crippen LogP contribution in [-0.4, -0.2) is 4.98 Å². The molecule has 1 nitrogen and oxygen atoms in total. The standard InChI is InChI=1S/C12H17BrClN/c1-3-5-9(6-4-2)12-11(13)7-10(14)8-15-12/h7-9H,3-6H2,1-2H3. The first-order valence-corrected chi connectivity index (χ1v) is 6.67. The third-order valence-electron chi connectivity index (χ3n) is 2.50. The van der Waals surface area contributed by atoms with Crippen molar-refractivity contribution in [2.24, 2.45) is 0 Å². The number of hydrogen-bond acceptors (Lipinski definition) is 1. The monoisotopic (exact) mass is 289 g/mol. The maximum atomic E-state index is 5.88. The van der Waals surface area contributed by atoms with E-state index in [0.29, 0.717) is 10.9 Å². The van der Waals surface area contributed by atoms with E-state index in [-0.39, 0.29) is 0 Å². The summed E-state index contributed by atoms with van der Waals surface area (Å²) >= 11 is 9.42. The van der Waals surface area contributed by atoms with Gasteiger partial charge in [0.2, 0.25) is 0 Å². The Labute approximate surface area is 105 Å². The first-order chi connectivity index (χ1) is 7.19. The van der Waals surface area contributed by atoms with Crippen LogP contribution in [0.4, 0.5) is 0 Å². The highest BCUT2D eigenvalue weighted by Crippen LogP contribution is 2.31. The predicted octanol–water partition coefficient (Wildman–Crippen LogP) is 5.18. The van der Waals surface area contributed by atoms with Gasteiger partial charge in [-0.2, -0.15) is 0 Å². The van der Waals surface area contributed by atoms with Crippen molar-refractivity contribution in [2.75, 3.05) is 0 Å². The van der Waals surface area contributed by atoms with Crippen molar-refractivity contribution in [3.8, 4) is 0 Å². The Kier molecular flexibility index (Phi) is 5.62. The Hall–Kier alpha value is -0.0800. The lowest BCUT2D eigenvalue weighted by molar-refractivity contribution is 0.546. The summed E-state index contributed by atoms with van der Waals surface area (Å²) in [7, 11) is 0. The van der Waals surface area contributed by atoms with E-state index >= 15 is 0 Å². The number of nitrogens with zero attached hydrogens (tertiary/aromatic N) is 1. The van der Waals surface area contributed by atoms with Crippen LogP contribution >= 0.6 is 27.5 Å². The maximum absolute atomic E-state index is 5.88.